The number of rotatable bonds is 7. The van der Waals surface area contributed by atoms with E-state index in [1.807, 2.05) is 16.1 Å². The van der Waals surface area contributed by atoms with Crippen molar-refractivity contribution in [1.82, 2.24) is 14.1 Å². The van der Waals surface area contributed by atoms with E-state index in [1.165, 1.54) is 0 Å². The highest BCUT2D eigenvalue weighted by Gasteiger charge is 2.35. The molecular formula is C24H20BrCl2N3O4S. The number of carboxylic acid groups (broad SMARTS) is 1. The Morgan fingerprint density at radius 3 is 2.54 bits per heavy atom. The Hall–Kier alpha value is -2.33. The third-order valence-electron chi connectivity index (χ3n) is 6.21. The standard InChI is InChI=1S/C24H20BrCl2N3O4S/c1-12-28-7-8-29(12)10-14-20-18(9-15(25)22(14)31)30(13-5-6-13)19(21(20)24(32)33)11-35(34)23-16(26)3-2-4-17(23)27/h2-4,7-9,13,31H,5-6,10-11H2,1H3,(H,32,33). The van der Waals surface area contributed by atoms with Crippen LogP contribution in [0.5, 0.6) is 5.75 Å². The molecule has 35 heavy (non-hydrogen) atoms. The van der Waals surface area contributed by atoms with Gasteiger partial charge in [-0.15, -0.1) is 0 Å². The minimum atomic E-state index is -1.70. The molecule has 0 bridgehead atoms. The Morgan fingerprint density at radius 1 is 1.29 bits per heavy atom. The molecule has 5 rings (SSSR count). The third-order valence-corrected chi connectivity index (χ3v) is 9.10. The van der Waals surface area contributed by atoms with E-state index in [0.717, 1.165) is 18.7 Å². The zero-order chi connectivity index (χ0) is 25.0. The molecule has 7 nitrogen and oxygen atoms in total. The van der Waals surface area contributed by atoms with Crippen molar-refractivity contribution in [3.63, 3.8) is 0 Å². The average molecular weight is 597 g/mol. The molecule has 1 aliphatic rings. The van der Waals surface area contributed by atoms with Crippen molar-refractivity contribution in [3.8, 4) is 5.75 Å². The fourth-order valence-corrected chi connectivity index (χ4v) is 7.09. The highest BCUT2D eigenvalue weighted by atomic mass is 79.9. The SMILES string of the molecule is Cc1nccn1Cc1c(O)c(Br)cc2c1c(C(=O)O)c(CS(=O)c1c(Cl)cccc1Cl)n2C1CC1. The third kappa shape index (κ3) is 4.28. The molecule has 2 heterocycles. The number of carboxylic acids is 1. The molecule has 0 spiro atoms. The Morgan fingerprint density at radius 2 is 1.97 bits per heavy atom. The second-order valence-corrected chi connectivity index (χ2v) is 11.5. The average Bonchev–Trinajstić information content (AvgIpc) is 3.47. The smallest absolute Gasteiger partial charge is 0.338 e. The number of nitrogens with zero attached hydrogens (tertiary/aromatic N) is 3. The topological polar surface area (TPSA) is 97.3 Å². The van der Waals surface area contributed by atoms with E-state index < -0.39 is 16.8 Å². The van der Waals surface area contributed by atoms with Crippen molar-refractivity contribution in [2.24, 2.45) is 0 Å². The summed E-state index contributed by atoms with van der Waals surface area (Å²) in [6, 6.07) is 6.69. The van der Waals surface area contributed by atoms with Gasteiger partial charge in [0.2, 0.25) is 0 Å². The first kappa shape index (κ1) is 24.4. The first-order valence-electron chi connectivity index (χ1n) is 10.8. The summed E-state index contributed by atoms with van der Waals surface area (Å²) in [4.78, 5) is 17.2. The molecule has 0 aliphatic heterocycles. The molecule has 1 unspecified atom stereocenters. The highest BCUT2D eigenvalue weighted by molar-refractivity contribution is 9.10. The molecule has 182 valence electrons. The predicted molar refractivity (Wildman–Crippen MR) is 139 cm³/mol. The van der Waals surface area contributed by atoms with Crippen LogP contribution in [-0.2, 0) is 23.1 Å². The summed E-state index contributed by atoms with van der Waals surface area (Å²) in [6.07, 6.45) is 5.18. The minimum absolute atomic E-state index is 0.0268. The Labute approximate surface area is 221 Å². The number of aryl methyl sites for hydroxylation is 1. The van der Waals surface area contributed by atoms with Gasteiger partial charge in [0.25, 0.3) is 0 Å². The van der Waals surface area contributed by atoms with E-state index in [1.54, 1.807) is 36.7 Å². The summed E-state index contributed by atoms with van der Waals surface area (Å²) in [5.74, 6) is -0.552. The lowest BCUT2D eigenvalue weighted by molar-refractivity contribution is 0.0697. The second-order valence-electron chi connectivity index (χ2n) is 8.45. The van der Waals surface area contributed by atoms with Crippen molar-refractivity contribution >= 4 is 66.8 Å². The van der Waals surface area contributed by atoms with Crippen molar-refractivity contribution in [1.29, 1.82) is 0 Å². The number of aromatic carboxylic acids is 1. The summed E-state index contributed by atoms with van der Waals surface area (Å²) < 4.78 is 17.7. The molecule has 0 radical (unpaired) electrons. The maximum Gasteiger partial charge on any atom is 0.338 e. The van der Waals surface area contributed by atoms with Gasteiger partial charge >= 0.3 is 5.97 Å². The molecule has 0 saturated heterocycles. The first-order chi connectivity index (χ1) is 16.7. The van der Waals surface area contributed by atoms with Gasteiger partial charge in [-0.3, -0.25) is 4.21 Å². The number of hydrogen-bond acceptors (Lipinski definition) is 4. The van der Waals surface area contributed by atoms with Crippen LogP contribution in [0.3, 0.4) is 0 Å². The number of carbonyl (C=O) groups is 1. The van der Waals surface area contributed by atoms with Gasteiger partial charge in [0, 0.05) is 35.1 Å². The fraction of sp³-hybridized carbons (Fsp3) is 0.250. The number of aromatic hydroxyl groups is 1. The predicted octanol–water partition coefficient (Wildman–Crippen LogP) is 6.31. The van der Waals surface area contributed by atoms with Crippen LogP contribution in [0.2, 0.25) is 10.0 Å². The molecule has 2 aromatic heterocycles. The second kappa shape index (κ2) is 9.28. The number of halogens is 3. The van der Waals surface area contributed by atoms with Crippen LogP contribution in [0.1, 0.15) is 46.3 Å². The number of phenolic OH excluding ortho intramolecular Hbond substituents is 1. The lowest BCUT2D eigenvalue weighted by Gasteiger charge is -2.13. The van der Waals surface area contributed by atoms with Crippen LogP contribution < -0.4 is 0 Å². The summed E-state index contributed by atoms with van der Waals surface area (Å²) in [5, 5.41) is 22.3. The summed E-state index contributed by atoms with van der Waals surface area (Å²) >= 11 is 16.0. The maximum atomic E-state index is 13.5. The van der Waals surface area contributed by atoms with Gasteiger partial charge < -0.3 is 19.3 Å². The zero-order valence-electron chi connectivity index (χ0n) is 18.5. The Kier molecular flexibility index (Phi) is 6.46. The molecule has 1 fully saturated rings. The maximum absolute atomic E-state index is 13.5. The van der Waals surface area contributed by atoms with Gasteiger partial charge in [0.05, 0.1) is 53.6 Å². The van der Waals surface area contributed by atoms with E-state index in [2.05, 4.69) is 20.9 Å². The van der Waals surface area contributed by atoms with Crippen molar-refractivity contribution < 1.29 is 19.2 Å². The van der Waals surface area contributed by atoms with E-state index in [9.17, 15) is 19.2 Å². The number of hydrogen-bond donors (Lipinski definition) is 2. The Bertz CT molecular complexity index is 1510. The molecule has 0 amide bonds. The lowest BCUT2D eigenvalue weighted by Crippen LogP contribution is -2.10. The number of benzene rings is 2. The van der Waals surface area contributed by atoms with Gasteiger partial charge in [0.1, 0.15) is 11.6 Å². The number of imidazole rings is 1. The summed E-state index contributed by atoms with van der Waals surface area (Å²) in [7, 11) is -1.70. The fourth-order valence-electron chi connectivity index (χ4n) is 4.47. The van der Waals surface area contributed by atoms with Gasteiger partial charge in [-0.2, -0.15) is 0 Å². The van der Waals surface area contributed by atoms with E-state index in [0.29, 0.717) is 26.6 Å². The molecule has 1 aliphatic carbocycles. The van der Waals surface area contributed by atoms with Crippen LogP contribution >= 0.6 is 39.1 Å². The van der Waals surface area contributed by atoms with Crippen LogP contribution in [0, 0.1) is 6.92 Å². The molecular weight excluding hydrogens is 577 g/mol. The van der Waals surface area contributed by atoms with Gasteiger partial charge in [-0.05, 0) is 53.9 Å². The molecule has 11 heteroatoms. The molecule has 2 aromatic carbocycles. The van der Waals surface area contributed by atoms with Crippen molar-refractivity contribution in [2.75, 3.05) is 0 Å². The summed E-state index contributed by atoms with van der Waals surface area (Å²) in [5.41, 5.74) is 1.57. The van der Waals surface area contributed by atoms with E-state index in [4.69, 9.17) is 23.2 Å². The van der Waals surface area contributed by atoms with E-state index in [-0.39, 0.29) is 44.6 Å². The normalized spacial score (nSPS) is 14.5. The largest absolute Gasteiger partial charge is 0.506 e. The van der Waals surface area contributed by atoms with Crippen LogP contribution in [-0.4, -0.2) is 34.5 Å². The number of fused-ring (bicyclic) bond motifs is 1. The van der Waals surface area contributed by atoms with Crippen molar-refractivity contribution in [3.05, 3.63) is 73.8 Å². The molecule has 4 aromatic rings. The zero-order valence-corrected chi connectivity index (χ0v) is 22.4. The van der Waals surface area contributed by atoms with Crippen LogP contribution in [0.25, 0.3) is 10.9 Å². The highest BCUT2D eigenvalue weighted by Crippen LogP contribution is 2.46. The minimum Gasteiger partial charge on any atom is -0.506 e. The quantitative estimate of drug-likeness (QED) is 0.260. The van der Waals surface area contributed by atoms with Crippen molar-refractivity contribution in [2.45, 2.75) is 43.0 Å². The molecule has 2 N–H and O–H groups in total. The number of aromatic nitrogens is 3. The number of phenols is 1. The molecule has 1 saturated carbocycles. The van der Waals surface area contributed by atoms with Gasteiger partial charge in [-0.25, -0.2) is 9.78 Å². The van der Waals surface area contributed by atoms with E-state index >= 15 is 0 Å². The first-order valence-corrected chi connectivity index (χ1v) is 13.7. The van der Waals surface area contributed by atoms with Gasteiger partial charge in [-0.1, -0.05) is 29.3 Å². The van der Waals surface area contributed by atoms with Gasteiger partial charge in [0.15, 0.2) is 0 Å². The van der Waals surface area contributed by atoms with Crippen LogP contribution in [0.4, 0.5) is 0 Å². The lowest BCUT2D eigenvalue weighted by atomic mass is 10.0. The Balaban J connectivity index is 1.77. The monoisotopic (exact) mass is 595 g/mol. The molecule has 1 atom stereocenters. The summed E-state index contributed by atoms with van der Waals surface area (Å²) in [6.45, 7) is 2.06. The van der Waals surface area contributed by atoms with Crippen LogP contribution in [0.15, 0.2) is 46.0 Å².